The largest absolute Gasteiger partial charge is 0.355 e. The van der Waals surface area contributed by atoms with Gasteiger partial charge in [0.15, 0.2) is 0 Å². The third kappa shape index (κ3) is 6.80. The maximum absolute atomic E-state index is 11.3. The number of amides is 1. The number of unbranched alkanes of at least 4 members (excludes halogenated alkanes) is 1. The predicted octanol–water partition coefficient (Wildman–Crippen LogP) is 0.960. The average molecular weight is 229 g/mol. The number of hydrogen-bond acceptors (Lipinski definition) is 3. The molecule has 0 aliphatic carbocycles. The van der Waals surface area contributed by atoms with Crippen molar-refractivity contribution in [1.29, 1.82) is 0 Å². The van der Waals surface area contributed by atoms with Crippen LogP contribution in [0.5, 0.6) is 0 Å². The van der Waals surface area contributed by atoms with Gasteiger partial charge >= 0.3 is 0 Å². The second-order valence-electron chi connectivity index (χ2n) is 4.59. The van der Waals surface area contributed by atoms with Crippen LogP contribution < -0.4 is 11.1 Å². The van der Waals surface area contributed by atoms with E-state index in [4.69, 9.17) is 5.73 Å². The smallest absolute Gasteiger partial charge is 0.236 e. The van der Waals surface area contributed by atoms with Crippen LogP contribution in [-0.2, 0) is 4.79 Å². The van der Waals surface area contributed by atoms with E-state index < -0.39 is 0 Å². The Kier molecular flexibility index (Phi) is 8.21. The van der Waals surface area contributed by atoms with Crippen LogP contribution >= 0.6 is 0 Å². The lowest BCUT2D eigenvalue weighted by molar-refractivity contribution is -0.122. The first-order valence-electron chi connectivity index (χ1n) is 6.22. The molecule has 3 N–H and O–H groups in total. The molecule has 16 heavy (non-hydrogen) atoms. The van der Waals surface area contributed by atoms with Gasteiger partial charge in [0, 0.05) is 12.6 Å². The molecule has 0 saturated carbocycles. The summed E-state index contributed by atoms with van der Waals surface area (Å²) in [5.74, 6) is -0.0280. The van der Waals surface area contributed by atoms with Crippen molar-refractivity contribution in [2.24, 2.45) is 5.73 Å². The Morgan fingerprint density at radius 1 is 1.38 bits per heavy atom. The lowest BCUT2D eigenvalue weighted by atomic mass is 10.2. The van der Waals surface area contributed by atoms with Crippen LogP contribution in [0.4, 0.5) is 0 Å². The van der Waals surface area contributed by atoms with Crippen LogP contribution in [0.2, 0.25) is 0 Å². The summed E-state index contributed by atoms with van der Waals surface area (Å²) in [4.78, 5) is 13.6. The fourth-order valence-electron chi connectivity index (χ4n) is 1.27. The molecule has 0 aromatic rings. The normalized spacial score (nSPS) is 13.2. The SMILES string of the molecule is CCC(N)C(=O)NCCCCN(C)C(C)C. The monoisotopic (exact) mass is 229 g/mol. The highest BCUT2D eigenvalue weighted by Gasteiger charge is 2.09. The van der Waals surface area contributed by atoms with Crippen molar-refractivity contribution < 1.29 is 4.79 Å². The number of nitrogens with one attached hydrogen (secondary N) is 1. The minimum absolute atomic E-state index is 0.0280. The Balaban J connectivity index is 3.44. The van der Waals surface area contributed by atoms with E-state index in [1.54, 1.807) is 0 Å². The van der Waals surface area contributed by atoms with Gasteiger partial charge in [-0.05, 0) is 46.7 Å². The molecule has 0 radical (unpaired) electrons. The molecule has 0 spiro atoms. The van der Waals surface area contributed by atoms with E-state index in [2.05, 4.69) is 31.1 Å². The summed E-state index contributed by atoms with van der Waals surface area (Å²) < 4.78 is 0. The first kappa shape index (κ1) is 15.4. The van der Waals surface area contributed by atoms with Crippen molar-refractivity contribution in [2.75, 3.05) is 20.1 Å². The van der Waals surface area contributed by atoms with Crippen LogP contribution in [0.3, 0.4) is 0 Å². The fraction of sp³-hybridized carbons (Fsp3) is 0.917. The molecule has 0 heterocycles. The number of carbonyl (C=O) groups is 1. The number of carbonyl (C=O) groups excluding carboxylic acids is 1. The van der Waals surface area contributed by atoms with Crippen molar-refractivity contribution >= 4 is 5.91 Å². The molecule has 1 unspecified atom stereocenters. The molecule has 4 heteroatoms. The zero-order chi connectivity index (χ0) is 12.6. The summed E-state index contributed by atoms with van der Waals surface area (Å²) >= 11 is 0. The standard InChI is InChI=1S/C12H27N3O/c1-5-11(13)12(16)14-8-6-7-9-15(4)10(2)3/h10-11H,5-9,13H2,1-4H3,(H,14,16). The van der Waals surface area contributed by atoms with Gasteiger partial charge in [0.05, 0.1) is 6.04 Å². The zero-order valence-corrected chi connectivity index (χ0v) is 11.1. The van der Waals surface area contributed by atoms with Gasteiger partial charge in [0.2, 0.25) is 5.91 Å². The second-order valence-corrected chi connectivity index (χ2v) is 4.59. The van der Waals surface area contributed by atoms with Crippen LogP contribution in [0.1, 0.15) is 40.0 Å². The van der Waals surface area contributed by atoms with Crippen molar-refractivity contribution in [2.45, 2.75) is 52.1 Å². The van der Waals surface area contributed by atoms with E-state index in [0.29, 0.717) is 12.5 Å². The van der Waals surface area contributed by atoms with Crippen molar-refractivity contribution in [3.05, 3.63) is 0 Å². The molecule has 1 atom stereocenters. The van der Waals surface area contributed by atoms with Gasteiger partial charge in [0.25, 0.3) is 0 Å². The van der Waals surface area contributed by atoms with Gasteiger partial charge < -0.3 is 16.0 Å². The van der Waals surface area contributed by atoms with E-state index in [1.165, 1.54) is 0 Å². The summed E-state index contributed by atoms with van der Waals surface area (Å²) in [5, 5.41) is 2.85. The van der Waals surface area contributed by atoms with Crippen LogP contribution in [0.25, 0.3) is 0 Å². The quantitative estimate of drug-likeness (QED) is 0.610. The Hall–Kier alpha value is -0.610. The fourth-order valence-corrected chi connectivity index (χ4v) is 1.27. The minimum atomic E-state index is -0.349. The summed E-state index contributed by atoms with van der Waals surface area (Å²) in [6.45, 7) is 8.10. The third-order valence-electron chi connectivity index (χ3n) is 2.89. The average Bonchev–Trinajstić information content (AvgIpc) is 2.26. The summed E-state index contributed by atoms with van der Waals surface area (Å²) in [6.07, 6.45) is 2.82. The molecule has 0 aromatic heterocycles. The molecule has 0 aliphatic rings. The van der Waals surface area contributed by atoms with E-state index >= 15 is 0 Å². The van der Waals surface area contributed by atoms with Crippen LogP contribution in [0.15, 0.2) is 0 Å². The second kappa shape index (κ2) is 8.53. The minimum Gasteiger partial charge on any atom is -0.355 e. The molecule has 4 nitrogen and oxygen atoms in total. The Bertz CT molecular complexity index is 195. The van der Waals surface area contributed by atoms with E-state index in [-0.39, 0.29) is 11.9 Å². The van der Waals surface area contributed by atoms with Gasteiger partial charge in [-0.1, -0.05) is 6.92 Å². The first-order chi connectivity index (χ1) is 7.49. The molecule has 1 amide bonds. The highest BCUT2D eigenvalue weighted by atomic mass is 16.2. The molecule has 0 bridgehead atoms. The maximum Gasteiger partial charge on any atom is 0.236 e. The van der Waals surface area contributed by atoms with Crippen LogP contribution in [-0.4, -0.2) is 43.0 Å². The van der Waals surface area contributed by atoms with Crippen molar-refractivity contribution in [1.82, 2.24) is 10.2 Å². The van der Waals surface area contributed by atoms with Gasteiger partial charge in [-0.3, -0.25) is 4.79 Å². The van der Waals surface area contributed by atoms with Gasteiger partial charge in [-0.25, -0.2) is 0 Å². The lowest BCUT2D eigenvalue weighted by Crippen LogP contribution is -2.40. The number of rotatable bonds is 8. The van der Waals surface area contributed by atoms with Gasteiger partial charge in [-0.2, -0.15) is 0 Å². The summed E-state index contributed by atoms with van der Waals surface area (Å²) in [5.41, 5.74) is 5.60. The number of nitrogens with zero attached hydrogens (tertiary/aromatic N) is 1. The van der Waals surface area contributed by atoms with E-state index in [9.17, 15) is 4.79 Å². The topological polar surface area (TPSA) is 58.4 Å². The highest BCUT2D eigenvalue weighted by Crippen LogP contribution is 1.97. The lowest BCUT2D eigenvalue weighted by Gasteiger charge is -2.20. The van der Waals surface area contributed by atoms with E-state index in [1.807, 2.05) is 6.92 Å². The summed E-state index contributed by atoms with van der Waals surface area (Å²) in [7, 11) is 2.12. The molecular weight excluding hydrogens is 202 g/mol. The van der Waals surface area contributed by atoms with Crippen molar-refractivity contribution in [3.8, 4) is 0 Å². The molecule has 0 aliphatic heterocycles. The Morgan fingerprint density at radius 2 is 2.00 bits per heavy atom. The Labute approximate surface area is 99.6 Å². The molecule has 0 saturated heterocycles. The molecule has 0 fully saturated rings. The van der Waals surface area contributed by atoms with E-state index in [0.717, 1.165) is 25.9 Å². The highest BCUT2D eigenvalue weighted by molar-refractivity contribution is 5.81. The first-order valence-corrected chi connectivity index (χ1v) is 6.22. The molecular formula is C12H27N3O. The third-order valence-corrected chi connectivity index (χ3v) is 2.89. The van der Waals surface area contributed by atoms with Gasteiger partial charge in [0.1, 0.15) is 0 Å². The number of nitrogens with two attached hydrogens (primary N) is 1. The zero-order valence-electron chi connectivity index (χ0n) is 11.1. The van der Waals surface area contributed by atoms with Crippen molar-refractivity contribution in [3.63, 3.8) is 0 Å². The molecule has 96 valence electrons. The number of hydrogen-bond donors (Lipinski definition) is 2. The molecule has 0 aromatic carbocycles. The van der Waals surface area contributed by atoms with Gasteiger partial charge in [-0.15, -0.1) is 0 Å². The molecule has 0 rings (SSSR count). The maximum atomic E-state index is 11.3. The predicted molar refractivity (Wildman–Crippen MR) is 68.3 cm³/mol. The Morgan fingerprint density at radius 3 is 2.50 bits per heavy atom. The summed E-state index contributed by atoms with van der Waals surface area (Å²) in [6, 6.07) is 0.237. The van der Waals surface area contributed by atoms with Crippen LogP contribution in [0, 0.1) is 0 Å².